The number of pyridine rings is 1. The van der Waals surface area contributed by atoms with Crippen molar-refractivity contribution in [1.82, 2.24) is 24.6 Å². The maximum atomic E-state index is 13.3. The number of imidazole rings is 1. The number of aromatic nitrogens is 3. The van der Waals surface area contributed by atoms with Crippen LogP contribution in [-0.4, -0.2) is 63.0 Å². The van der Waals surface area contributed by atoms with Crippen molar-refractivity contribution in [2.24, 2.45) is 22.4 Å². The lowest BCUT2D eigenvalue weighted by Gasteiger charge is -2.22. The van der Waals surface area contributed by atoms with Crippen molar-refractivity contribution in [3.8, 4) is 0 Å². The Bertz CT molecular complexity index is 1350. The molecular weight excluding hydrogens is 528 g/mol. The largest absolute Gasteiger partial charge is 0.370 e. The molecule has 3 aromatic rings. The third-order valence-corrected chi connectivity index (χ3v) is 7.71. The molecule has 0 spiro atoms. The second-order valence-electron chi connectivity index (χ2n) is 9.21. The number of likely N-dealkylation sites (tertiary alicyclic amines) is 1. The van der Waals surface area contributed by atoms with Gasteiger partial charge >= 0.3 is 0 Å². The van der Waals surface area contributed by atoms with Gasteiger partial charge in [0.1, 0.15) is 22.0 Å². The Balaban J connectivity index is 1.41. The van der Waals surface area contributed by atoms with Crippen LogP contribution in [0.25, 0.3) is 5.65 Å². The molecular formula is C25H31ClN8O3S. The van der Waals surface area contributed by atoms with Crippen LogP contribution in [0.3, 0.4) is 0 Å². The number of guanidine groups is 1. The van der Waals surface area contributed by atoms with Crippen LogP contribution in [0.5, 0.6) is 0 Å². The number of nitrogens with one attached hydrogen (secondary N) is 1. The SMILES string of the molecule is CNC(=O)[C@@H](CCCCN=C(N)N)CC(=O)c1csc([C@@H]2CCCN2C(=O)c2cn3cc(Cl)ccc3n2)n1. The molecule has 0 saturated carbocycles. The zero-order chi connectivity index (χ0) is 27.2. The van der Waals surface area contributed by atoms with Crippen LogP contribution in [0.4, 0.5) is 0 Å². The Kier molecular flexibility index (Phi) is 8.95. The minimum absolute atomic E-state index is 0.0353. The lowest BCUT2D eigenvalue weighted by atomic mass is 9.94. The highest BCUT2D eigenvalue weighted by Gasteiger charge is 2.34. The Hall–Kier alpha value is -3.51. The van der Waals surface area contributed by atoms with E-state index in [1.165, 1.54) is 11.3 Å². The molecule has 202 valence electrons. The van der Waals surface area contributed by atoms with Crippen molar-refractivity contribution in [3.05, 3.63) is 51.3 Å². The molecule has 2 amide bonds. The zero-order valence-electron chi connectivity index (χ0n) is 21.1. The van der Waals surface area contributed by atoms with E-state index in [0.29, 0.717) is 59.4 Å². The van der Waals surface area contributed by atoms with Crippen LogP contribution >= 0.6 is 22.9 Å². The molecule has 0 aromatic carbocycles. The van der Waals surface area contributed by atoms with E-state index in [-0.39, 0.29) is 36.0 Å². The summed E-state index contributed by atoms with van der Waals surface area (Å²) in [6.45, 7) is 1.06. The van der Waals surface area contributed by atoms with Gasteiger partial charge in [-0.15, -0.1) is 11.3 Å². The fourth-order valence-corrected chi connectivity index (χ4v) is 5.76. The van der Waals surface area contributed by atoms with Gasteiger partial charge in [-0.2, -0.15) is 0 Å². The molecule has 3 aromatic heterocycles. The van der Waals surface area contributed by atoms with E-state index in [4.69, 9.17) is 23.1 Å². The fraction of sp³-hybridized carbons (Fsp3) is 0.440. The highest BCUT2D eigenvalue weighted by molar-refractivity contribution is 7.09. The van der Waals surface area contributed by atoms with E-state index in [2.05, 4.69) is 20.3 Å². The first-order valence-electron chi connectivity index (χ1n) is 12.5. The van der Waals surface area contributed by atoms with Gasteiger partial charge in [-0.3, -0.25) is 19.4 Å². The average Bonchev–Trinajstić information content (AvgIpc) is 3.65. The molecule has 38 heavy (non-hydrogen) atoms. The van der Waals surface area contributed by atoms with E-state index >= 15 is 0 Å². The van der Waals surface area contributed by atoms with Gasteiger partial charge in [0.25, 0.3) is 5.91 Å². The van der Waals surface area contributed by atoms with Gasteiger partial charge in [0.15, 0.2) is 11.7 Å². The molecule has 1 saturated heterocycles. The number of Topliss-reactive ketones (excluding diaryl/α,β-unsaturated/α-hetero) is 1. The van der Waals surface area contributed by atoms with Crippen molar-refractivity contribution in [2.75, 3.05) is 20.1 Å². The molecule has 5 N–H and O–H groups in total. The highest BCUT2D eigenvalue weighted by atomic mass is 35.5. The molecule has 0 bridgehead atoms. The topological polar surface area (TPSA) is 161 Å². The van der Waals surface area contributed by atoms with Gasteiger partial charge in [0, 0.05) is 50.2 Å². The molecule has 2 atom stereocenters. The number of nitrogens with two attached hydrogens (primary N) is 2. The number of nitrogens with zero attached hydrogens (tertiary/aromatic N) is 5. The molecule has 4 heterocycles. The van der Waals surface area contributed by atoms with Gasteiger partial charge in [0.2, 0.25) is 5.91 Å². The summed E-state index contributed by atoms with van der Waals surface area (Å²) in [7, 11) is 1.56. The van der Waals surface area contributed by atoms with Gasteiger partial charge < -0.3 is 26.1 Å². The predicted molar refractivity (Wildman–Crippen MR) is 146 cm³/mol. The van der Waals surface area contributed by atoms with Crippen LogP contribution < -0.4 is 16.8 Å². The summed E-state index contributed by atoms with van der Waals surface area (Å²) < 4.78 is 1.73. The molecule has 1 aliphatic rings. The first-order valence-corrected chi connectivity index (χ1v) is 13.7. The normalized spacial score (nSPS) is 15.9. The van der Waals surface area contributed by atoms with Gasteiger partial charge in [0.05, 0.1) is 11.1 Å². The van der Waals surface area contributed by atoms with Crippen LogP contribution in [0.15, 0.2) is 34.9 Å². The maximum Gasteiger partial charge on any atom is 0.274 e. The van der Waals surface area contributed by atoms with Gasteiger partial charge in [-0.25, -0.2) is 9.97 Å². The number of carbonyl (C=O) groups excluding carboxylic acids is 3. The summed E-state index contributed by atoms with van der Waals surface area (Å²) in [6, 6.07) is 3.26. The summed E-state index contributed by atoms with van der Waals surface area (Å²) in [5.41, 5.74) is 12.0. The molecule has 0 unspecified atom stereocenters. The number of thiazole rings is 1. The summed E-state index contributed by atoms with van der Waals surface area (Å²) in [5.74, 6) is -0.996. The number of ketones is 1. The number of aliphatic imine (C=N–C) groups is 1. The van der Waals surface area contributed by atoms with Gasteiger partial charge in [-0.1, -0.05) is 18.0 Å². The summed E-state index contributed by atoms with van der Waals surface area (Å²) in [6.07, 6.45) is 6.98. The summed E-state index contributed by atoms with van der Waals surface area (Å²) >= 11 is 7.42. The Morgan fingerprint density at radius 2 is 2.03 bits per heavy atom. The predicted octanol–water partition coefficient (Wildman–Crippen LogP) is 2.80. The third kappa shape index (κ3) is 6.48. The molecule has 0 radical (unpaired) electrons. The monoisotopic (exact) mass is 558 g/mol. The maximum absolute atomic E-state index is 13.3. The minimum Gasteiger partial charge on any atom is -0.370 e. The molecule has 0 aliphatic carbocycles. The summed E-state index contributed by atoms with van der Waals surface area (Å²) in [5, 5.41) is 5.62. The van der Waals surface area contributed by atoms with Crippen LogP contribution in [0, 0.1) is 5.92 Å². The van der Waals surface area contributed by atoms with Crippen molar-refractivity contribution in [2.45, 2.75) is 44.6 Å². The van der Waals surface area contributed by atoms with Crippen molar-refractivity contribution >= 4 is 52.1 Å². The zero-order valence-corrected chi connectivity index (χ0v) is 22.7. The second kappa shape index (κ2) is 12.4. The standard InChI is InChI=1S/C25H31ClN8O3S/c1-29-22(36)15(5-2-3-9-30-25(27)28)11-20(35)18-14-38-23(32-18)19-6-4-10-34(19)24(37)17-13-33-12-16(26)7-8-21(33)31-17/h7-8,12-15,19H,2-6,9-11H2,1H3,(H,29,36)(H4,27,28,30)/t15-,19-/m0/s1. The Morgan fingerprint density at radius 1 is 1.21 bits per heavy atom. The van der Waals surface area contributed by atoms with Crippen LogP contribution in [-0.2, 0) is 4.79 Å². The minimum atomic E-state index is -0.468. The van der Waals surface area contributed by atoms with Crippen LogP contribution in [0.2, 0.25) is 5.02 Å². The van der Waals surface area contributed by atoms with Crippen molar-refractivity contribution in [1.29, 1.82) is 0 Å². The molecule has 13 heteroatoms. The van der Waals surface area contributed by atoms with E-state index in [1.54, 1.807) is 46.3 Å². The number of fused-ring (bicyclic) bond motifs is 1. The number of hydrogen-bond donors (Lipinski definition) is 3. The number of carbonyl (C=O) groups is 3. The first-order chi connectivity index (χ1) is 18.3. The van der Waals surface area contributed by atoms with E-state index < -0.39 is 5.92 Å². The second-order valence-corrected chi connectivity index (χ2v) is 10.5. The lowest BCUT2D eigenvalue weighted by molar-refractivity contribution is -0.124. The van der Waals surface area contributed by atoms with E-state index in [9.17, 15) is 14.4 Å². The molecule has 4 rings (SSSR count). The van der Waals surface area contributed by atoms with Crippen molar-refractivity contribution in [3.63, 3.8) is 0 Å². The summed E-state index contributed by atoms with van der Waals surface area (Å²) in [4.78, 5) is 53.5. The van der Waals surface area contributed by atoms with Crippen molar-refractivity contribution < 1.29 is 14.4 Å². The number of rotatable bonds is 11. The number of hydrogen-bond acceptors (Lipinski definition) is 7. The number of amides is 2. The van der Waals surface area contributed by atoms with Crippen LogP contribution in [0.1, 0.15) is 70.6 Å². The lowest BCUT2D eigenvalue weighted by Crippen LogP contribution is -2.31. The third-order valence-electron chi connectivity index (χ3n) is 6.54. The Morgan fingerprint density at radius 3 is 2.79 bits per heavy atom. The quantitative estimate of drug-likeness (QED) is 0.141. The molecule has 1 aliphatic heterocycles. The smallest absolute Gasteiger partial charge is 0.274 e. The molecule has 1 fully saturated rings. The van der Waals surface area contributed by atoms with E-state index in [0.717, 1.165) is 12.8 Å². The highest BCUT2D eigenvalue weighted by Crippen LogP contribution is 2.35. The fourth-order valence-electron chi connectivity index (χ4n) is 4.62. The number of unbranched alkanes of at least 4 members (excludes halogenated alkanes) is 1. The first kappa shape index (κ1) is 27.5. The average molecular weight is 559 g/mol. The number of halogens is 1. The van der Waals surface area contributed by atoms with Gasteiger partial charge in [-0.05, 0) is 37.8 Å². The van der Waals surface area contributed by atoms with E-state index in [1.807, 2.05) is 0 Å². The molecule has 11 nitrogen and oxygen atoms in total. The Labute approximate surface area is 229 Å².